The number of aliphatic hydroxyl groups is 1. The minimum absolute atomic E-state index is 0.0535. The summed E-state index contributed by atoms with van der Waals surface area (Å²) >= 11 is 0. The molecule has 1 fully saturated rings. The summed E-state index contributed by atoms with van der Waals surface area (Å²) < 4.78 is 19.9. The Kier molecular flexibility index (Phi) is 6.05. The molecule has 27 heavy (non-hydrogen) atoms. The van der Waals surface area contributed by atoms with Gasteiger partial charge in [-0.15, -0.1) is 0 Å². The summed E-state index contributed by atoms with van der Waals surface area (Å²) in [5, 5.41) is 11.0. The summed E-state index contributed by atoms with van der Waals surface area (Å²) in [5.41, 5.74) is 0.774. The lowest BCUT2D eigenvalue weighted by atomic mass is 10.0. The minimum Gasteiger partial charge on any atom is -0.490 e. The van der Waals surface area contributed by atoms with Crippen LogP contribution in [0.25, 0.3) is 0 Å². The van der Waals surface area contributed by atoms with E-state index in [-0.39, 0.29) is 43.6 Å². The highest BCUT2D eigenvalue weighted by Crippen LogP contribution is 2.35. The largest absolute Gasteiger partial charge is 0.490 e. The van der Waals surface area contributed by atoms with Gasteiger partial charge in [-0.2, -0.15) is 0 Å². The average molecular weight is 378 g/mol. The van der Waals surface area contributed by atoms with Gasteiger partial charge in [-0.1, -0.05) is 6.42 Å². The van der Waals surface area contributed by atoms with Crippen LogP contribution in [0.3, 0.4) is 0 Å². The number of nitrogens with one attached hydrogen (secondary N) is 1. The number of hydrogen-bond acceptors (Lipinski definition) is 5. The molecule has 2 heterocycles. The number of nitrogens with zero attached hydrogens (tertiary/aromatic N) is 1. The number of benzene rings is 1. The van der Waals surface area contributed by atoms with Gasteiger partial charge in [0.25, 0.3) is 5.91 Å². The second-order valence-electron chi connectivity index (χ2n) is 6.79. The van der Waals surface area contributed by atoms with Gasteiger partial charge >= 0.3 is 0 Å². The highest BCUT2D eigenvalue weighted by molar-refractivity contribution is 6.05. The molecule has 2 N–H and O–H groups in total. The van der Waals surface area contributed by atoms with Gasteiger partial charge in [-0.25, -0.2) is 4.39 Å². The van der Waals surface area contributed by atoms with Crippen molar-refractivity contribution in [3.8, 4) is 5.75 Å². The van der Waals surface area contributed by atoms with E-state index in [9.17, 15) is 18.8 Å². The monoisotopic (exact) mass is 378 g/mol. The molecule has 0 aromatic heterocycles. The van der Waals surface area contributed by atoms with E-state index in [0.29, 0.717) is 24.2 Å². The summed E-state index contributed by atoms with van der Waals surface area (Å²) in [4.78, 5) is 37.5. The van der Waals surface area contributed by atoms with Gasteiger partial charge in [0.15, 0.2) is 11.6 Å². The molecule has 1 saturated heterocycles. The van der Waals surface area contributed by atoms with Gasteiger partial charge in [0.2, 0.25) is 11.8 Å². The zero-order chi connectivity index (χ0) is 19.4. The van der Waals surface area contributed by atoms with Crippen molar-refractivity contribution in [3.05, 3.63) is 29.1 Å². The van der Waals surface area contributed by atoms with Crippen LogP contribution in [0.1, 0.15) is 54.4 Å². The fraction of sp³-hybridized carbons (Fsp3) is 0.526. The Balaban J connectivity index is 1.70. The number of piperidine rings is 1. The summed E-state index contributed by atoms with van der Waals surface area (Å²) in [5.74, 6) is -1.69. The molecule has 2 aliphatic rings. The quantitative estimate of drug-likeness (QED) is 0.528. The maximum absolute atomic E-state index is 14.3. The number of rotatable bonds is 8. The normalized spacial score (nSPS) is 19.3. The van der Waals surface area contributed by atoms with Crippen molar-refractivity contribution in [1.82, 2.24) is 10.2 Å². The van der Waals surface area contributed by atoms with Gasteiger partial charge in [-0.05, 0) is 37.8 Å². The molecule has 0 radical (unpaired) electrons. The zero-order valence-corrected chi connectivity index (χ0v) is 15.0. The molecule has 3 rings (SSSR count). The Hall–Kier alpha value is -2.48. The minimum atomic E-state index is -0.739. The number of carbonyl (C=O) groups is 3. The maximum Gasteiger partial charge on any atom is 0.255 e. The first-order valence-corrected chi connectivity index (χ1v) is 9.22. The van der Waals surface area contributed by atoms with Gasteiger partial charge in [0.1, 0.15) is 6.04 Å². The van der Waals surface area contributed by atoms with Crippen LogP contribution in [0, 0.1) is 5.82 Å². The number of amides is 3. The van der Waals surface area contributed by atoms with Gasteiger partial charge < -0.3 is 14.7 Å². The van der Waals surface area contributed by atoms with Crippen molar-refractivity contribution in [1.29, 1.82) is 0 Å². The Labute approximate surface area is 156 Å². The SMILES string of the molecule is O=C1CCC(N2Cc3c(ccc(F)c3OCCCCCCO)C2=O)C(=O)N1. The second-order valence-corrected chi connectivity index (χ2v) is 6.79. The highest BCUT2D eigenvalue weighted by Gasteiger charge is 2.40. The smallest absolute Gasteiger partial charge is 0.255 e. The number of aliphatic hydroxyl groups excluding tert-OH is 1. The predicted molar refractivity (Wildman–Crippen MR) is 93.5 cm³/mol. The fourth-order valence-corrected chi connectivity index (χ4v) is 3.48. The van der Waals surface area contributed by atoms with Gasteiger partial charge in [0, 0.05) is 24.2 Å². The molecular formula is C19H23FN2O5. The van der Waals surface area contributed by atoms with Crippen LogP contribution in [0.15, 0.2) is 12.1 Å². The first-order chi connectivity index (χ1) is 13.0. The molecule has 1 unspecified atom stereocenters. The molecule has 146 valence electrons. The first-order valence-electron chi connectivity index (χ1n) is 9.22. The molecule has 0 aliphatic carbocycles. The average Bonchev–Trinajstić information content (AvgIpc) is 2.96. The molecule has 1 aromatic carbocycles. The van der Waals surface area contributed by atoms with Crippen LogP contribution < -0.4 is 10.1 Å². The fourth-order valence-electron chi connectivity index (χ4n) is 3.48. The highest BCUT2D eigenvalue weighted by atomic mass is 19.1. The van der Waals surface area contributed by atoms with Crippen LogP contribution in [-0.4, -0.2) is 47.0 Å². The molecule has 8 heteroatoms. The van der Waals surface area contributed by atoms with Gasteiger partial charge in [-0.3, -0.25) is 19.7 Å². The number of fused-ring (bicyclic) bond motifs is 1. The maximum atomic E-state index is 14.3. The molecular weight excluding hydrogens is 355 g/mol. The topological polar surface area (TPSA) is 95.9 Å². The van der Waals surface area contributed by atoms with E-state index in [4.69, 9.17) is 9.84 Å². The third kappa shape index (κ3) is 4.10. The Morgan fingerprint density at radius 1 is 1.19 bits per heavy atom. The summed E-state index contributed by atoms with van der Waals surface area (Å²) in [6.07, 6.45) is 3.60. The lowest BCUT2D eigenvalue weighted by Crippen LogP contribution is -2.52. The molecule has 0 saturated carbocycles. The second kappa shape index (κ2) is 8.47. The summed E-state index contributed by atoms with van der Waals surface area (Å²) in [6, 6.07) is 1.87. The van der Waals surface area contributed by atoms with Crippen LogP contribution >= 0.6 is 0 Å². The van der Waals surface area contributed by atoms with Crippen molar-refractivity contribution in [2.75, 3.05) is 13.2 Å². The third-order valence-electron chi connectivity index (χ3n) is 4.92. The van der Waals surface area contributed by atoms with Crippen molar-refractivity contribution >= 4 is 17.7 Å². The number of halogens is 1. The number of hydrogen-bond donors (Lipinski definition) is 2. The van der Waals surface area contributed by atoms with Gasteiger partial charge in [0.05, 0.1) is 13.2 Å². The first kappa shape index (κ1) is 19.3. The molecule has 1 aromatic rings. The number of carbonyl (C=O) groups excluding carboxylic acids is 3. The van der Waals surface area contributed by atoms with Crippen LogP contribution in [-0.2, 0) is 16.1 Å². The van der Waals surface area contributed by atoms with E-state index < -0.39 is 17.8 Å². The van der Waals surface area contributed by atoms with Crippen molar-refractivity contribution in [2.45, 2.75) is 51.1 Å². The lowest BCUT2D eigenvalue weighted by Gasteiger charge is -2.29. The number of ether oxygens (including phenoxy) is 1. The van der Waals surface area contributed by atoms with E-state index in [0.717, 1.165) is 19.3 Å². The summed E-state index contributed by atoms with van der Waals surface area (Å²) in [7, 11) is 0. The van der Waals surface area contributed by atoms with E-state index in [1.807, 2.05) is 0 Å². The van der Waals surface area contributed by atoms with Crippen LogP contribution in [0.2, 0.25) is 0 Å². The number of imide groups is 1. The molecule has 0 spiro atoms. The Bertz CT molecular complexity index is 752. The van der Waals surface area contributed by atoms with E-state index in [2.05, 4.69) is 5.32 Å². The standard InChI is InChI=1S/C19H23FN2O5/c20-14-6-5-12-13(17(14)27-10-4-2-1-3-9-23)11-22(19(12)26)15-7-8-16(24)21-18(15)25/h5-6,15,23H,1-4,7-11H2,(H,21,24,25). The predicted octanol–water partition coefficient (Wildman–Crippen LogP) is 1.52. The zero-order valence-electron chi connectivity index (χ0n) is 15.0. The van der Waals surface area contributed by atoms with Crippen LogP contribution in [0.4, 0.5) is 4.39 Å². The third-order valence-corrected chi connectivity index (χ3v) is 4.92. The molecule has 2 aliphatic heterocycles. The number of unbranched alkanes of at least 4 members (excludes halogenated alkanes) is 3. The Morgan fingerprint density at radius 2 is 1.96 bits per heavy atom. The van der Waals surface area contributed by atoms with Crippen molar-refractivity contribution in [3.63, 3.8) is 0 Å². The Morgan fingerprint density at radius 3 is 2.70 bits per heavy atom. The summed E-state index contributed by atoms with van der Waals surface area (Å²) in [6.45, 7) is 0.545. The molecule has 0 bridgehead atoms. The molecule has 7 nitrogen and oxygen atoms in total. The molecule has 1 atom stereocenters. The van der Waals surface area contributed by atoms with Crippen molar-refractivity contribution < 1.29 is 28.6 Å². The molecule has 3 amide bonds. The van der Waals surface area contributed by atoms with Crippen LogP contribution in [0.5, 0.6) is 5.75 Å². The van der Waals surface area contributed by atoms with E-state index >= 15 is 0 Å². The van der Waals surface area contributed by atoms with Crippen molar-refractivity contribution in [2.24, 2.45) is 0 Å². The lowest BCUT2D eigenvalue weighted by molar-refractivity contribution is -0.136. The van der Waals surface area contributed by atoms with E-state index in [1.165, 1.54) is 17.0 Å². The van der Waals surface area contributed by atoms with E-state index in [1.54, 1.807) is 0 Å².